The van der Waals surface area contributed by atoms with Gasteiger partial charge in [-0.15, -0.1) is 0 Å². The van der Waals surface area contributed by atoms with E-state index < -0.39 is 187 Å². The van der Waals surface area contributed by atoms with Crippen molar-refractivity contribution in [1.29, 1.82) is 0 Å². The minimum absolute atomic E-state index is 0.856. The third kappa shape index (κ3) is 10.1. The molecule has 4 rings (SSSR count). The maximum Gasteiger partial charge on any atom is 0.187 e. The maximum atomic E-state index is 11.3. The van der Waals surface area contributed by atoms with E-state index in [1.54, 1.807) is 0 Å². The minimum atomic E-state index is -2.20. The second-order valence-electron chi connectivity index (χ2n) is 13.7. The molecule has 0 radical (unpaired) electrons. The number of hydrogen-bond acceptors (Lipinski definition) is 26. The fourth-order valence-corrected chi connectivity index (χ4v) is 6.61. The monoisotopic (exact) mass is 830 g/mol. The smallest absolute Gasteiger partial charge is 0.187 e. The van der Waals surface area contributed by atoms with Crippen LogP contribution in [0.25, 0.3) is 0 Å². The Morgan fingerprint density at radius 2 is 0.696 bits per heavy atom. The Morgan fingerprint density at radius 1 is 0.375 bits per heavy atom. The van der Waals surface area contributed by atoms with Gasteiger partial charge in [0.25, 0.3) is 0 Å². The van der Waals surface area contributed by atoms with Crippen molar-refractivity contribution in [2.75, 3.05) is 39.6 Å². The van der Waals surface area contributed by atoms with E-state index in [2.05, 4.69) is 0 Å². The van der Waals surface area contributed by atoms with Crippen LogP contribution in [0.3, 0.4) is 0 Å². The standard InChI is InChI=1S/C30H54O26/c31-1-7(37)13(39)23(8(38)2-32)53-28-20(46)25(16(42)10(4-34)50-28)55-30-22(48)26(17(43)12(6-36)52-30)56-29-21(47)24(15(41)11(5-35)51-29)54-27-19(45)18(44)14(40)9(3-33)49-27/h7-48H,1-6H2/t7-,8-,9-,10-,11-,12-,13-,14-,15-,16-,17-,18+,19-,20-,21-,22-,23-,24+,25+,26+,27+,28+,29+,30+/m1/s1. The molecule has 24 atom stereocenters. The van der Waals surface area contributed by atoms with Crippen LogP contribution >= 0.6 is 0 Å². The highest BCUT2D eigenvalue weighted by Crippen LogP contribution is 2.35. The molecule has 18 N–H and O–H groups in total. The summed E-state index contributed by atoms with van der Waals surface area (Å²) in [7, 11) is 0. The summed E-state index contributed by atoms with van der Waals surface area (Å²) < 4.78 is 43.8. The molecule has 56 heavy (non-hydrogen) atoms. The fourth-order valence-electron chi connectivity index (χ4n) is 6.61. The highest BCUT2D eigenvalue weighted by atomic mass is 16.8. The van der Waals surface area contributed by atoms with Crippen LogP contribution < -0.4 is 0 Å². The third-order valence-electron chi connectivity index (χ3n) is 9.96. The van der Waals surface area contributed by atoms with Gasteiger partial charge in [0.1, 0.15) is 122 Å². The van der Waals surface area contributed by atoms with Gasteiger partial charge in [0.15, 0.2) is 25.2 Å². The average Bonchev–Trinajstić information content (AvgIpc) is 3.19. The van der Waals surface area contributed by atoms with Crippen molar-refractivity contribution < 1.29 is 130 Å². The molecular weight excluding hydrogens is 776 g/mol. The highest BCUT2D eigenvalue weighted by Gasteiger charge is 2.56. The predicted octanol–water partition coefficient (Wildman–Crippen LogP) is -12.3. The molecule has 4 aliphatic rings. The van der Waals surface area contributed by atoms with Crippen molar-refractivity contribution in [2.45, 2.75) is 147 Å². The number of aliphatic hydroxyl groups is 18. The molecule has 0 aliphatic carbocycles. The highest BCUT2D eigenvalue weighted by molar-refractivity contribution is 4.98. The van der Waals surface area contributed by atoms with E-state index in [1.807, 2.05) is 0 Å². The summed E-state index contributed by atoms with van der Waals surface area (Å²) in [5, 5.41) is 186. The van der Waals surface area contributed by atoms with Crippen LogP contribution in [0.1, 0.15) is 0 Å². The van der Waals surface area contributed by atoms with E-state index in [0.29, 0.717) is 0 Å². The second-order valence-corrected chi connectivity index (χ2v) is 13.7. The van der Waals surface area contributed by atoms with E-state index in [9.17, 15) is 91.9 Å². The predicted molar refractivity (Wildman–Crippen MR) is 169 cm³/mol. The molecule has 0 saturated carbocycles. The quantitative estimate of drug-likeness (QED) is 0.0647. The molecule has 4 heterocycles. The molecule has 4 fully saturated rings. The summed E-state index contributed by atoms with van der Waals surface area (Å²) >= 11 is 0. The molecule has 26 heteroatoms. The fraction of sp³-hybridized carbons (Fsp3) is 1.00. The third-order valence-corrected chi connectivity index (χ3v) is 9.96. The van der Waals surface area contributed by atoms with Crippen LogP contribution in [0.2, 0.25) is 0 Å². The summed E-state index contributed by atoms with van der Waals surface area (Å²) in [6.45, 7) is -5.91. The largest absolute Gasteiger partial charge is 0.394 e. The number of rotatable bonds is 17. The molecule has 0 aromatic carbocycles. The molecule has 0 amide bonds. The van der Waals surface area contributed by atoms with Gasteiger partial charge < -0.3 is 130 Å². The molecule has 4 aliphatic heterocycles. The van der Waals surface area contributed by atoms with Crippen LogP contribution in [-0.4, -0.2) is 279 Å². The Hall–Kier alpha value is -1.04. The van der Waals surface area contributed by atoms with Gasteiger partial charge >= 0.3 is 0 Å². The first-order valence-corrected chi connectivity index (χ1v) is 17.5. The zero-order valence-corrected chi connectivity index (χ0v) is 29.4. The van der Waals surface area contributed by atoms with Crippen LogP contribution in [-0.2, 0) is 37.9 Å². The van der Waals surface area contributed by atoms with Gasteiger partial charge in [0.05, 0.1) is 39.6 Å². The Bertz CT molecular complexity index is 1160. The van der Waals surface area contributed by atoms with Gasteiger partial charge in [-0.1, -0.05) is 0 Å². The molecule has 0 unspecified atom stereocenters. The van der Waals surface area contributed by atoms with Crippen molar-refractivity contribution in [1.82, 2.24) is 0 Å². The summed E-state index contributed by atoms with van der Waals surface area (Å²) in [6, 6.07) is 0. The lowest BCUT2D eigenvalue weighted by atomic mass is 9.95. The normalized spacial score (nSPS) is 47.2. The zero-order valence-electron chi connectivity index (χ0n) is 29.4. The lowest BCUT2D eigenvalue weighted by Crippen LogP contribution is -2.68. The van der Waals surface area contributed by atoms with Gasteiger partial charge in [0.2, 0.25) is 0 Å². The van der Waals surface area contributed by atoms with Crippen molar-refractivity contribution in [3.63, 3.8) is 0 Å². The minimum Gasteiger partial charge on any atom is -0.394 e. The molecule has 0 aromatic rings. The van der Waals surface area contributed by atoms with E-state index in [4.69, 9.17) is 37.9 Å². The lowest BCUT2D eigenvalue weighted by molar-refractivity contribution is -0.392. The first-order valence-electron chi connectivity index (χ1n) is 17.5. The zero-order chi connectivity index (χ0) is 41.8. The van der Waals surface area contributed by atoms with Crippen LogP contribution in [0.4, 0.5) is 0 Å². The molecular formula is C30H54O26. The van der Waals surface area contributed by atoms with E-state index >= 15 is 0 Å². The summed E-state index contributed by atoms with van der Waals surface area (Å²) in [5.74, 6) is 0. The Balaban J connectivity index is 1.55. The van der Waals surface area contributed by atoms with E-state index in [1.165, 1.54) is 0 Å². The van der Waals surface area contributed by atoms with E-state index in [0.717, 1.165) is 0 Å². The lowest BCUT2D eigenvalue weighted by Gasteiger charge is -2.49. The maximum absolute atomic E-state index is 11.3. The van der Waals surface area contributed by atoms with Crippen LogP contribution in [0.15, 0.2) is 0 Å². The van der Waals surface area contributed by atoms with Gasteiger partial charge in [-0.25, -0.2) is 0 Å². The Morgan fingerprint density at radius 3 is 1.05 bits per heavy atom. The second kappa shape index (κ2) is 21.0. The van der Waals surface area contributed by atoms with Crippen LogP contribution in [0, 0.1) is 0 Å². The van der Waals surface area contributed by atoms with Gasteiger partial charge in [-0.2, -0.15) is 0 Å². The number of hydrogen-bond donors (Lipinski definition) is 18. The van der Waals surface area contributed by atoms with Gasteiger partial charge in [-0.3, -0.25) is 0 Å². The molecule has 26 nitrogen and oxygen atoms in total. The topological polar surface area (TPSA) is 438 Å². The van der Waals surface area contributed by atoms with Gasteiger partial charge in [0, 0.05) is 0 Å². The van der Waals surface area contributed by atoms with Crippen molar-refractivity contribution in [3.8, 4) is 0 Å². The molecule has 4 saturated heterocycles. The molecule has 0 bridgehead atoms. The number of aliphatic hydroxyl groups excluding tert-OH is 18. The van der Waals surface area contributed by atoms with Crippen molar-refractivity contribution in [2.24, 2.45) is 0 Å². The molecule has 0 spiro atoms. The summed E-state index contributed by atoms with van der Waals surface area (Å²) in [4.78, 5) is 0. The molecule has 0 aromatic heterocycles. The Labute approximate surface area is 317 Å². The SMILES string of the molecule is OC[C@@H](O)[C@@H](O)[C@H](O[C@@H]1O[C@H](CO)[C@@H](O)[C@H](O[C@@H]2O[C@H](CO)[C@@H](O)[C@H](O[C@@H]3O[C@H](CO)[C@@H](O)[C@H](O[C@@H]4O[C@H](CO)[C@@H](O)[C@H](O)[C@H]4O)[C@H]3O)[C@H]2O)[C@H]1O)[C@H](O)CO. The molecule has 330 valence electrons. The van der Waals surface area contributed by atoms with Crippen LogP contribution in [0.5, 0.6) is 0 Å². The first kappa shape index (κ1) is 47.6. The summed E-state index contributed by atoms with van der Waals surface area (Å²) in [6.07, 6.45) is -46.5. The average molecular weight is 831 g/mol. The van der Waals surface area contributed by atoms with E-state index in [-0.39, 0.29) is 0 Å². The van der Waals surface area contributed by atoms with Crippen molar-refractivity contribution >= 4 is 0 Å². The van der Waals surface area contributed by atoms with Crippen molar-refractivity contribution in [3.05, 3.63) is 0 Å². The Kier molecular flexibility index (Phi) is 17.8. The first-order chi connectivity index (χ1) is 26.5. The summed E-state index contributed by atoms with van der Waals surface area (Å²) in [5.41, 5.74) is 0. The van der Waals surface area contributed by atoms with Gasteiger partial charge in [-0.05, 0) is 0 Å². The number of ether oxygens (including phenoxy) is 8.